The number of halogens is 2. The van der Waals surface area contributed by atoms with Crippen molar-refractivity contribution in [3.63, 3.8) is 0 Å². The fourth-order valence-electron chi connectivity index (χ4n) is 3.63. The molecule has 7 nitrogen and oxygen atoms in total. The Morgan fingerprint density at radius 3 is 2.52 bits per heavy atom. The lowest BCUT2D eigenvalue weighted by Crippen LogP contribution is -2.46. The van der Waals surface area contributed by atoms with Gasteiger partial charge in [0.25, 0.3) is 0 Å². The van der Waals surface area contributed by atoms with E-state index in [1.54, 1.807) is 12.1 Å². The lowest BCUT2D eigenvalue weighted by atomic mass is 10.0. The molecular weight excluding hydrogens is 512 g/mol. The molecule has 9 heteroatoms. The van der Waals surface area contributed by atoms with Crippen molar-refractivity contribution in [1.29, 1.82) is 0 Å². The van der Waals surface area contributed by atoms with Crippen LogP contribution in [0.15, 0.2) is 29.3 Å². The van der Waals surface area contributed by atoms with Crippen molar-refractivity contribution in [2.45, 2.75) is 26.8 Å². The van der Waals surface area contributed by atoms with Gasteiger partial charge in [0.15, 0.2) is 5.96 Å². The van der Waals surface area contributed by atoms with Gasteiger partial charge in [-0.3, -0.25) is 14.7 Å². The lowest BCUT2D eigenvalue weighted by molar-refractivity contribution is -0.131. The van der Waals surface area contributed by atoms with Crippen LogP contribution in [0.1, 0.15) is 32.4 Å². The number of guanidine groups is 1. The van der Waals surface area contributed by atoms with Crippen LogP contribution in [-0.2, 0) is 9.53 Å². The molecule has 1 saturated heterocycles. The number of rotatable bonds is 9. The Balaban J connectivity index is 0.00000480. The molecular formula is C22H37FIN5O2. The molecule has 176 valence electrons. The van der Waals surface area contributed by atoms with Crippen molar-refractivity contribution in [2.75, 3.05) is 66.1 Å². The SMILES string of the molecule is CCNC(=NCC(c1cccc(F)c1)N1CCOCC1)N(C)CC(=O)N(CC)CC.I. The number of likely N-dealkylation sites (N-methyl/N-ethyl adjacent to an activating group) is 2. The van der Waals surface area contributed by atoms with Gasteiger partial charge in [-0.1, -0.05) is 12.1 Å². The van der Waals surface area contributed by atoms with Crippen LogP contribution in [0.5, 0.6) is 0 Å². The van der Waals surface area contributed by atoms with E-state index in [-0.39, 0.29) is 48.3 Å². The highest BCUT2D eigenvalue weighted by atomic mass is 127. The highest BCUT2D eigenvalue weighted by Crippen LogP contribution is 2.23. The van der Waals surface area contributed by atoms with Crippen molar-refractivity contribution in [1.82, 2.24) is 20.0 Å². The first-order valence-corrected chi connectivity index (χ1v) is 10.8. The highest BCUT2D eigenvalue weighted by molar-refractivity contribution is 14.0. The summed E-state index contributed by atoms with van der Waals surface area (Å²) in [5.74, 6) is 0.499. The minimum Gasteiger partial charge on any atom is -0.379 e. The van der Waals surface area contributed by atoms with E-state index in [4.69, 9.17) is 9.73 Å². The highest BCUT2D eigenvalue weighted by Gasteiger charge is 2.23. The number of nitrogens with zero attached hydrogens (tertiary/aromatic N) is 4. The summed E-state index contributed by atoms with van der Waals surface area (Å²) in [7, 11) is 1.87. The predicted octanol–water partition coefficient (Wildman–Crippen LogP) is 2.58. The molecule has 0 aromatic heterocycles. The molecule has 1 aromatic carbocycles. The smallest absolute Gasteiger partial charge is 0.242 e. The minimum atomic E-state index is -0.247. The zero-order chi connectivity index (χ0) is 21.9. The molecule has 1 fully saturated rings. The molecule has 1 N–H and O–H groups in total. The topological polar surface area (TPSA) is 60.4 Å². The Morgan fingerprint density at radius 2 is 1.94 bits per heavy atom. The Hall–Kier alpha value is -1.46. The number of morpholine rings is 1. The quantitative estimate of drug-likeness (QED) is 0.292. The summed E-state index contributed by atoms with van der Waals surface area (Å²) in [5.41, 5.74) is 0.901. The van der Waals surface area contributed by atoms with Crippen LogP contribution >= 0.6 is 24.0 Å². The largest absolute Gasteiger partial charge is 0.379 e. The van der Waals surface area contributed by atoms with Crippen LogP contribution in [0, 0.1) is 5.82 Å². The molecule has 1 amide bonds. The van der Waals surface area contributed by atoms with E-state index in [2.05, 4.69) is 10.2 Å². The van der Waals surface area contributed by atoms with Crippen LogP contribution in [-0.4, -0.2) is 92.6 Å². The fourth-order valence-corrected chi connectivity index (χ4v) is 3.63. The van der Waals surface area contributed by atoms with Gasteiger partial charge in [-0.05, 0) is 38.5 Å². The first-order valence-electron chi connectivity index (χ1n) is 10.8. The number of hydrogen-bond acceptors (Lipinski definition) is 4. The van der Waals surface area contributed by atoms with Gasteiger partial charge in [0.1, 0.15) is 5.82 Å². The van der Waals surface area contributed by atoms with Gasteiger partial charge in [0, 0.05) is 39.8 Å². The molecule has 31 heavy (non-hydrogen) atoms. The van der Waals surface area contributed by atoms with E-state index in [0.29, 0.717) is 45.4 Å². The van der Waals surface area contributed by atoms with E-state index in [0.717, 1.165) is 18.7 Å². The summed E-state index contributed by atoms with van der Waals surface area (Å²) in [6.07, 6.45) is 0. The first-order chi connectivity index (χ1) is 14.5. The molecule has 0 spiro atoms. The van der Waals surface area contributed by atoms with Crippen LogP contribution in [0.25, 0.3) is 0 Å². The van der Waals surface area contributed by atoms with Crippen LogP contribution in [0.2, 0.25) is 0 Å². The van der Waals surface area contributed by atoms with Crippen molar-refractivity contribution < 1.29 is 13.9 Å². The summed E-state index contributed by atoms with van der Waals surface area (Å²) in [4.78, 5) is 23.3. The Bertz CT molecular complexity index is 696. The normalized spacial score (nSPS) is 15.7. The summed E-state index contributed by atoms with van der Waals surface area (Å²) in [6, 6.07) is 6.67. The summed E-state index contributed by atoms with van der Waals surface area (Å²) < 4.78 is 19.4. The second-order valence-corrected chi connectivity index (χ2v) is 7.34. The Kier molecular flexibility index (Phi) is 13.0. The van der Waals surface area contributed by atoms with Crippen molar-refractivity contribution in [3.8, 4) is 0 Å². The molecule has 1 aliphatic rings. The summed E-state index contributed by atoms with van der Waals surface area (Å²) in [5, 5.41) is 3.27. The lowest BCUT2D eigenvalue weighted by Gasteiger charge is -2.34. The Morgan fingerprint density at radius 1 is 1.26 bits per heavy atom. The molecule has 0 bridgehead atoms. The van der Waals surface area contributed by atoms with Crippen LogP contribution < -0.4 is 5.32 Å². The summed E-state index contributed by atoms with van der Waals surface area (Å²) >= 11 is 0. The molecule has 1 aliphatic heterocycles. The molecule has 1 atom stereocenters. The van der Waals surface area contributed by atoms with Crippen molar-refractivity contribution >= 4 is 35.8 Å². The second kappa shape index (κ2) is 14.6. The van der Waals surface area contributed by atoms with Gasteiger partial charge in [0.05, 0.1) is 32.3 Å². The molecule has 0 saturated carbocycles. The van der Waals surface area contributed by atoms with Gasteiger partial charge in [-0.25, -0.2) is 4.39 Å². The van der Waals surface area contributed by atoms with E-state index in [1.165, 1.54) is 6.07 Å². The van der Waals surface area contributed by atoms with Crippen LogP contribution in [0.3, 0.4) is 0 Å². The third kappa shape index (κ3) is 8.53. The molecule has 1 unspecified atom stereocenters. The number of ether oxygens (including phenoxy) is 1. The van der Waals surface area contributed by atoms with E-state index in [1.807, 2.05) is 43.7 Å². The molecule has 0 radical (unpaired) electrons. The third-order valence-corrected chi connectivity index (χ3v) is 5.32. The molecule has 1 aromatic rings. The number of carbonyl (C=O) groups excluding carboxylic acids is 1. The molecule has 0 aliphatic carbocycles. The fraction of sp³-hybridized carbons (Fsp3) is 0.636. The Labute approximate surface area is 203 Å². The maximum atomic E-state index is 13.9. The number of carbonyl (C=O) groups is 1. The predicted molar refractivity (Wildman–Crippen MR) is 133 cm³/mol. The minimum absolute atomic E-state index is 0. The van der Waals surface area contributed by atoms with Crippen molar-refractivity contribution in [2.24, 2.45) is 4.99 Å². The van der Waals surface area contributed by atoms with Crippen LogP contribution in [0.4, 0.5) is 4.39 Å². The zero-order valence-electron chi connectivity index (χ0n) is 19.1. The van der Waals surface area contributed by atoms with Gasteiger partial charge >= 0.3 is 0 Å². The monoisotopic (exact) mass is 549 g/mol. The number of amides is 1. The van der Waals surface area contributed by atoms with E-state index < -0.39 is 0 Å². The van der Waals surface area contributed by atoms with E-state index >= 15 is 0 Å². The average Bonchev–Trinajstić information content (AvgIpc) is 2.74. The average molecular weight is 549 g/mol. The molecule has 2 rings (SSSR count). The maximum absolute atomic E-state index is 13.9. The number of benzene rings is 1. The summed E-state index contributed by atoms with van der Waals surface area (Å²) in [6.45, 7) is 11.6. The second-order valence-electron chi connectivity index (χ2n) is 7.34. The molecule has 1 heterocycles. The standard InChI is InChI=1S/C22H36FN5O2.HI/c1-5-24-22(26(4)17-21(29)27(6-2)7-3)25-16-20(28-11-13-30-14-12-28)18-9-8-10-19(23)15-18;/h8-10,15,20H,5-7,11-14,16-17H2,1-4H3,(H,24,25);1H. The van der Waals surface area contributed by atoms with Gasteiger partial charge in [-0.15, -0.1) is 24.0 Å². The number of nitrogens with one attached hydrogen (secondary N) is 1. The van der Waals surface area contributed by atoms with Crippen molar-refractivity contribution in [3.05, 3.63) is 35.6 Å². The van der Waals surface area contributed by atoms with Gasteiger partial charge in [-0.2, -0.15) is 0 Å². The third-order valence-electron chi connectivity index (χ3n) is 5.32. The maximum Gasteiger partial charge on any atom is 0.242 e. The number of aliphatic imine (C=N–C) groups is 1. The van der Waals surface area contributed by atoms with Gasteiger partial charge < -0.3 is 19.9 Å². The van der Waals surface area contributed by atoms with Gasteiger partial charge in [0.2, 0.25) is 5.91 Å². The van der Waals surface area contributed by atoms with E-state index in [9.17, 15) is 9.18 Å². The first kappa shape index (κ1) is 27.6. The zero-order valence-corrected chi connectivity index (χ0v) is 21.5. The number of hydrogen-bond donors (Lipinski definition) is 1.